The van der Waals surface area contributed by atoms with Gasteiger partial charge in [-0.15, -0.1) is 0 Å². The number of aliphatic hydroxyl groups excluding tert-OH is 1. The van der Waals surface area contributed by atoms with Crippen LogP contribution in [-0.2, 0) is 11.2 Å². The number of rotatable bonds is 5. The number of furan rings is 1. The minimum atomic E-state index is 0.129. The van der Waals surface area contributed by atoms with Gasteiger partial charge in [0.15, 0.2) is 0 Å². The maximum atomic E-state index is 12.7. The Balaban J connectivity index is 1.56. The number of nitrogens with zero attached hydrogens (tertiary/aromatic N) is 1. The van der Waals surface area contributed by atoms with Gasteiger partial charge in [-0.3, -0.25) is 4.79 Å². The fraction of sp³-hybridized carbons (Fsp3) is 0.381. The van der Waals surface area contributed by atoms with Gasteiger partial charge >= 0.3 is 0 Å². The first-order chi connectivity index (χ1) is 12.3. The molecule has 2 aromatic carbocycles. The number of hydrogen-bond acceptors (Lipinski definition) is 3. The van der Waals surface area contributed by atoms with Crippen LogP contribution >= 0.6 is 0 Å². The van der Waals surface area contributed by atoms with Gasteiger partial charge in [0, 0.05) is 24.6 Å². The fourth-order valence-corrected chi connectivity index (χ4v) is 3.97. The molecule has 0 aliphatic carbocycles. The Morgan fingerprint density at radius 3 is 2.96 bits per heavy atom. The second-order valence-corrected chi connectivity index (χ2v) is 6.84. The van der Waals surface area contributed by atoms with Crippen LogP contribution in [0.15, 0.2) is 46.9 Å². The number of fused-ring (bicyclic) bond motifs is 3. The van der Waals surface area contributed by atoms with Gasteiger partial charge in [-0.1, -0.05) is 30.3 Å². The Morgan fingerprint density at radius 1 is 1.20 bits per heavy atom. The Kier molecular flexibility index (Phi) is 4.45. The van der Waals surface area contributed by atoms with Crippen LogP contribution in [0.1, 0.15) is 31.4 Å². The Morgan fingerprint density at radius 2 is 2.08 bits per heavy atom. The van der Waals surface area contributed by atoms with Crippen LogP contribution in [0.4, 0.5) is 0 Å². The molecule has 0 bridgehead atoms. The number of likely N-dealkylation sites (tertiary alicyclic amines) is 1. The quantitative estimate of drug-likeness (QED) is 0.768. The molecule has 25 heavy (non-hydrogen) atoms. The van der Waals surface area contributed by atoms with Crippen LogP contribution in [0.25, 0.3) is 21.7 Å². The molecule has 1 aromatic heterocycles. The van der Waals surface area contributed by atoms with E-state index in [4.69, 9.17) is 9.52 Å². The number of carbonyl (C=O) groups is 1. The Labute approximate surface area is 147 Å². The summed E-state index contributed by atoms with van der Waals surface area (Å²) in [5.41, 5.74) is 0.833. The highest BCUT2D eigenvalue weighted by Crippen LogP contribution is 2.29. The summed E-state index contributed by atoms with van der Waals surface area (Å²) in [7, 11) is 0. The van der Waals surface area contributed by atoms with Crippen molar-refractivity contribution in [3.63, 3.8) is 0 Å². The minimum Gasteiger partial charge on any atom is -0.461 e. The monoisotopic (exact) mass is 337 g/mol. The van der Waals surface area contributed by atoms with Gasteiger partial charge in [0.2, 0.25) is 5.91 Å². The van der Waals surface area contributed by atoms with Crippen LogP contribution in [0.3, 0.4) is 0 Å². The normalized spacial score (nSPS) is 17.6. The van der Waals surface area contributed by atoms with E-state index in [1.54, 1.807) is 0 Å². The maximum absolute atomic E-state index is 12.7. The summed E-state index contributed by atoms with van der Waals surface area (Å²) in [6, 6.07) is 14.5. The van der Waals surface area contributed by atoms with Crippen LogP contribution in [-0.4, -0.2) is 35.1 Å². The van der Waals surface area contributed by atoms with Crippen molar-refractivity contribution in [3.05, 3.63) is 48.2 Å². The molecule has 1 N–H and O–H groups in total. The third kappa shape index (κ3) is 3.14. The van der Waals surface area contributed by atoms with E-state index in [-0.39, 0.29) is 18.6 Å². The van der Waals surface area contributed by atoms with E-state index >= 15 is 0 Å². The second-order valence-electron chi connectivity index (χ2n) is 6.84. The van der Waals surface area contributed by atoms with Crippen molar-refractivity contribution in [1.82, 2.24) is 4.90 Å². The molecule has 130 valence electrons. The largest absolute Gasteiger partial charge is 0.461 e. The van der Waals surface area contributed by atoms with Crippen molar-refractivity contribution >= 4 is 27.6 Å². The number of aliphatic hydroxyl groups is 1. The Bertz CT molecular complexity index is 898. The molecule has 1 atom stereocenters. The van der Waals surface area contributed by atoms with Crippen molar-refractivity contribution < 1.29 is 14.3 Å². The average molecular weight is 337 g/mol. The van der Waals surface area contributed by atoms with Crippen LogP contribution in [0, 0.1) is 0 Å². The zero-order valence-corrected chi connectivity index (χ0v) is 14.3. The molecule has 1 fully saturated rings. The first kappa shape index (κ1) is 16.2. The lowest BCUT2D eigenvalue weighted by atomic mass is 10.1. The third-order valence-corrected chi connectivity index (χ3v) is 5.20. The van der Waals surface area contributed by atoms with Crippen LogP contribution < -0.4 is 0 Å². The molecule has 1 aliphatic rings. The van der Waals surface area contributed by atoms with Gasteiger partial charge in [-0.05, 0) is 48.6 Å². The molecule has 3 aromatic rings. The predicted molar refractivity (Wildman–Crippen MR) is 98.5 cm³/mol. The summed E-state index contributed by atoms with van der Waals surface area (Å²) in [5, 5.41) is 12.4. The molecule has 1 amide bonds. The minimum absolute atomic E-state index is 0.129. The smallest absolute Gasteiger partial charge is 0.230 e. The van der Waals surface area contributed by atoms with Gasteiger partial charge in [-0.25, -0.2) is 0 Å². The molecule has 0 radical (unpaired) electrons. The zero-order valence-electron chi connectivity index (χ0n) is 14.3. The first-order valence-electron chi connectivity index (χ1n) is 9.07. The van der Waals surface area contributed by atoms with E-state index in [2.05, 4.69) is 18.2 Å². The van der Waals surface area contributed by atoms with Crippen molar-refractivity contribution in [2.24, 2.45) is 0 Å². The topological polar surface area (TPSA) is 53.7 Å². The number of amides is 1. The van der Waals surface area contributed by atoms with Crippen molar-refractivity contribution in [3.8, 4) is 0 Å². The highest BCUT2D eigenvalue weighted by molar-refractivity contribution is 6.06. The van der Waals surface area contributed by atoms with Gasteiger partial charge in [0.05, 0.1) is 6.42 Å². The van der Waals surface area contributed by atoms with Crippen molar-refractivity contribution in [2.75, 3.05) is 13.2 Å². The summed E-state index contributed by atoms with van der Waals surface area (Å²) in [5.74, 6) is 0.855. The molecule has 4 heteroatoms. The zero-order chi connectivity index (χ0) is 17.2. The van der Waals surface area contributed by atoms with E-state index in [1.165, 1.54) is 5.39 Å². The molecule has 1 saturated heterocycles. The lowest BCUT2D eigenvalue weighted by molar-refractivity contribution is -0.131. The van der Waals surface area contributed by atoms with Crippen molar-refractivity contribution in [2.45, 2.75) is 38.1 Å². The fourth-order valence-electron chi connectivity index (χ4n) is 3.97. The number of benzene rings is 2. The van der Waals surface area contributed by atoms with Gasteiger partial charge in [0.1, 0.15) is 11.3 Å². The molecule has 0 saturated carbocycles. The lowest BCUT2D eigenvalue weighted by Gasteiger charge is -2.24. The summed E-state index contributed by atoms with van der Waals surface area (Å²) >= 11 is 0. The average Bonchev–Trinajstić information content (AvgIpc) is 3.26. The molecule has 4 nitrogen and oxygen atoms in total. The summed E-state index contributed by atoms with van der Waals surface area (Å²) in [4.78, 5) is 14.7. The lowest BCUT2D eigenvalue weighted by Crippen LogP contribution is -2.36. The molecule has 1 aliphatic heterocycles. The van der Waals surface area contributed by atoms with Gasteiger partial charge in [0.25, 0.3) is 0 Å². The third-order valence-electron chi connectivity index (χ3n) is 5.20. The highest BCUT2D eigenvalue weighted by atomic mass is 16.3. The summed E-state index contributed by atoms with van der Waals surface area (Å²) in [6.07, 6.45) is 4.03. The standard InChI is InChI=1S/C21H23NO3/c23-12-4-7-16-6-3-11-22(16)21(24)14-17-13-19-18-8-2-1-5-15(18)9-10-20(19)25-17/h1-2,5,8-10,13,16,23H,3-4,6-7,11-12,14H2. The van der Waals surface area contributed by atoms with E-state index in [9.17, 15) is 4.79 Å². The molecule has 2 heterocycles. The van der Waals surface area contributed by atoms with E-state index in [1.807, 2.05) is 29.2 Å². The predicted octanol–water partition coefficient (Wildman–Crippen LogP) is 3.89. The number of carbonyl (C=O) groups excluding carboxylic acids is 1. The van der Waals surface area contributed by atoms with Crippen LogP contribution in [0.2, 0.25) is 0 Å². The summed E-state index contributed by atoms with van der Waals surface area (Å²) in [6.45, 7) is 1.01. The molecule has 0 spiro atoms. The van der Waals surface area contributed by atoms with E-state index in [0.29, 0.717) is 6.42 Å². The molecule has 1 unspecified atom stereocenters. The number of hydrogen-bond donors (Lipinski definition) is 1. The second kappa shape index (κ2) is 6.89. The van der Waals surface area contributed by atoms with Gasteiger partial charge in [-0.2, -0.15) is 0 Å². The SMILES string of the molecule is O=C(Cc1cc2c(ccc3ccccc32)o1)N1CCCC1CCCO. The molecule has 4 rings (SSSR count). The maximum Gasteiger partial charge on any atom is 0.230 e. The van der Waals surface area contributed by atoms with E-state index in [0.717, 1.165) is 54.3 Å². The Hall–Kier alpha value is -2.33. The highest BCUT2D eigenvalue weighted by Gasteiger charge is 2.28. The van der Waals surface area contributed by atoms with Gasteiger partial charge < -0.3 is 14.4 Å². The van der Waals surface area contributed by atoms with Crippen LogP contribution in [0.5, 0.6) is 0 Å². The van der Waals surface area contributed by atoms with Crippen molar-refractivity contribution in [1.29, 1.82) is 0 Å². The first-order valence-corrected chi connectivity index (χ1v) is 9.07. The summed E-state index contributed by atoms with van der Waals surface area (Å²) < 4.78 is 5.94. The molecular weight excluding hydrogens is 314 g/mol. The van der Waals surface area contributed by atoms with E-state index < -0.39 is 0 Å². The molecular formula is C21H23NO3.